The second-order valence-corrected chi connectivity index (χ2v) is 5.15. The molecule has 3 nitrogen and oxygen atoms in total. The molecule has 3 heteroatoms. The van der Waals surface area contributed by atoms with Crippen LogP contribution in [0.1, 0.15) is 24.9 Å². The predicted molar refractivity (Wildman–Crippen MR) is 81.7 cm³/mol. The SMILES string of the molecule is CC(NCCCn1ccc2ccccc21)c1ccoc1. The highest BCUT2D eigenvalue weighted by Crippen LogP contribution is 2.15. The van der Waals surface area contributed by atoms with Crippen molar-refractivity contribution >= 4 is 10.9 Å². The van der Waals surface area contributed by atoms with Crippen LogP contribution in [0.4, 0.5) is 0 Å². The molecular formula is C17H20N2O. The van der Waals surface area contributed by atoms with Gasteiger partial charge in [0.15, 0.2) is 0 Å². The van der Waals surface area contributed by atoms with Crippen molar-refractivity contribution in [3.63, 3.8) is 0 Å². The normalized spacial score (nSPS) is 12.8. The van der Waals surface area contributed by atoms with E-state index in [9.17, 15) is 0 Å². The van der Waals surface area contributed by atoms with Gasteiger partial charge in [-0.25, -0.2) is 0 Å². The van der Waals surface area contributed by atoms with E-state index < -0.39 is 0 Å². The molecule has 0 aliphatic heterocycles. The van der Waals surface area contributed by atoms with Crippen LogP contribution in [0, 0.1) is 0 Å². The number of benzene rings is 1. The monoisotopic (exact) mass is 268 g/mol. The number of fused-ring (bicyclic) bond motifs is 1. The quantitative estimate of drug-likeness (QED) is 0.685. The Balaban J connectivity index is 1.50. The number of para-hydroxylation sites is 1. The van der Waals surface area contributed by atoms with Crippen molar-refractivity contribution in [1.82, 2.24) is 9.88 Å². The van der Waals surface area contributed by atoms with Crippen LogP contribution >= 0.6 is 0 Å². The molecule has 0 amide bonds. The van der Waals surface area contributed by atoms with Crippen molar-refractivity contribution < 1.29 is 4.42 Å². The predicted octanol–water partition coefficient (Wildman–Crippen LogP) is 3.98. The molecule has 3 rings (SSSR count). The minimum atomic E-state index is 0.343. The van der Waals surface area contributed by atoms with E-state index in [-0.39, 0.29) is 0 Å². The minimum absolute atomic E-state index is 0.343. The molecule has 0 saturated heterocycles. The lowest BCUT2D eigenvalue weighted by Crippen LogP contribution is -2.20. The van der Waals surface area contributed by atoms with E-state index >= 15 is 0 Å². The number of nitrogens with zero attached hydrogens (tertiary/aromatic N) is 1. The van der Waals surface area contributed by atoms with E-state index in [4.69, 9.17) is 4.42 Å². The zero-order valence-corrected chi connectivity index (χ0v) is 11.8. The number of hydrogen-bond donors (Lipinski definition) is 1. The topological polar surface area (TPSA) is 30.1 Å². The van der Waals surface area contributed by atoms with E-state index in [1.54, 1.807) is 12.5 Å². The van der Waals surface area contributed by atoms with Crippen LogP contribution in [0.25, 0.3) is 10.9 Å². The van der Waals surface area contributed by atoms with Gasteiger partial charge < -0.3 is 14.3 Å². The highest BCUT2D eigenvalue weighted by molar-refractivity contribution is 5.79. The summed E-state index contributed by atoms with van der Waals surface area (Å²) >= 11 is 0. The van der Waals surface area contributed by atoms with E-state index in [2.05, 4.69) is 53.3 Å². The number of furan rings is 1. The van der Waals surface area contributed by atoms with Crippen molar-refractivity contribution in [3.05, 3.63) is 60.7 Å². The molecule has 0 spiro atoms. The molecule has 3 aromatic rings. The molecule has 20 heavy (non-hydrogen) atoms. The zero-order valence-electron chi connectivity index (χ0n) is 11.8. The maximum Gasteiger partial charge on any atom is 0.0950 e. The van der Waals surface area contributed by atoms with Crippen molar-refractivity contribution in [2.45, 2.75) is 25.9 Å². The summed E-state index contributed by atoms with van der Waals surface area (Å²) in [5.74, 6) is 0. The smallest absolute Gasteiger partial charge is 0.0950 e. The molecule has 0 fully saturated rings. The van der Waals surface area contributed by atoms with Crippen LogP contribution < -0.4 is 5.32 Å². The Bertz CT molecular complexity index is 655. The lowest BCUT2D eigenvalue weighted by Gasteiger charge is -2.12. The Morgan fingerprint density at radius 3 is 2.95 bits per heavy atom. The zero-order chi connectivity index (χ0) is 13.8. The van der Waals surface area contributed by atoms with Crippen LogP contribution in [0.3, 0.4) is 0 Å². The van der Waals surface area contributed by atoms with Crippen LogP contribution in [0.5, 0.6) is 0 Å². The first-order chi connectivity index (χ1) is 9.84. The van der Waals surface area contributed by atoms with Crippen LogP contribution in [-0.2, 0) is 6.54 Å². The van der Waals surface area contributed by atoms with E-state index in [0.717, 1.165) is 19.5 Å². The molecule has 1 N–H and O–H groups in total. The Morgan fingerprint density at radius 1 is 1.20 bits per heavy atom. The summed E-state index contributed by atoms with van der Waals surface area (Å²) in [4.78, 5) is 0. The second kappa shape index (κ2) is 5.97. The number of rotatable bonds is 6. The summed E-state index contributed by atoms with van der Waals surface area (Å²) in [6.07, 6.45) is 6.81. The van der Waals surface area contributed by atoms with E-state index in [1.807, 2.05) is 6.07 Å². The molecule has 1 unspecified atom stereocenters. The van der Waals surface area contributed by atoms with E-state index in [1.165, 1.54) is 16.5 Å². The molecule has 0 saturated carbocycles. The van der Waals surface area contributed by atoms with Gasteiger partial charge in [0.2, 0.25) is 0 Å². The highest BCUT2D eigenvalue weighted by Gasteiger charge is 2.05. The van der Waals surface area contributed by atoms with Crippen molar-refractivity contribution in [1.29, 1.82) is 0 Å². The Labute approximate surface area is 119 Å². The first-order valence-corrected chi connectivity index (χ1v) is 7.14. The molecule has 104 valence electrons. The third-order valence-corrected chi connectivity index (χ3v) is 3.75. The largest absolute Gasteiger partial charge is 0.472 e. The summed E-state index contributed by atoms with van der Waals surface area (Å²) in [6, 6.07) is 13.0. The summed E-state index contributed by atoms with van der Waals surface area (Å²) in [6.45, 7) is 4.20. The van der Waals surface area contributed by atoms with Gasteiger partial charge in [0, 0.05) is 29.9 Å². The number of nitrogens with one attached hydrogen (secondary N) is 1. The Kier molecular flexibility index (Phi) is 3.88. The maximum absolute atomic E-state index is 5.10. The van der Waals surface area contributed by atoms with Crippen LogP contribution in [0.2, 0.25) is 0 Å². The fourth-order valence-corrected chi connectivity index (χ4v) is 2.54. The minimum Gasteiger partial charge on any atom is -0.472 e. The molecule has 1 atom stereocenters. The summed E-state index contributed by atoms with van der Waals surface area (Å²) in [5.41, 5.74) is 2.52. The fourth-order valence-electron chi connectivity index (χ4n) is 2.54. The molecule has 0 bridgehead atoms. The molecule has 0 radical (unpaired) electrons. The summed E-state index contributed by atoms with van der Waals surface area (Å²) < 4.78 is 7.42. The first kappa shape index (κ1) is 13.0. The van der Waals surface area contributed by atoms with E-state index in [0.29, 0.717) is 6.04 Å². The summed E-state index contributed by atoms with van der Waals surface area (Å²) in [7, 11) is 0. The standard InChI is InChI=1S/C17H20N2O/c1-14(16-8-12-20-13-16)18-9-4-10-19-11-7-15-5-2-3-6-17(15)19/h2-3,5-8,11-14,18H,4,9-10H2,1H3. The Morgan fingerprint density at radius 2 is 2.10 bits per heavy atom. The Hall–Kier alpha value is -2.00. The highest BCUT2D eigenvalue weighted by atomic mass is 16.3. The lowest BCUT2D eigenvalue weighted by atomic mass is 10.2. The van der Waals surface area contributed by atoms with Gasteiger partial charge in [0.25, 0.3) is 0 Å². The molecule has 2 heterocycles. The first-order valence-electron chi connectivity index (χ1n) is 7.14. The van der Waals surface area contributed by atoms with Gasteiger partial charge in [-0.3, -0.25) is 0 Å². The maximum atomic E-state index is 5.10. The van der Waals surface area contributed by atoms with Gasteiger partial charge in [0.05, 0.1) is 12.5 Å². The van der Waals surface area contributed by atoms with Crippen LogP contribution in [0.15, 0.2) is 59.5 Å². The second-order valence-electron chi connectivity index (χ2n) is 5.15. The van der Waals surface area contributed by atoms with Gasteiger partial charge in [-0.2, -0.15) is 0 Å². The average Bonchev–Trinajstić information content (AvgIpc) is 3.13. The lowest BCUT2D eigenvalue weighted by molar-refractivity contribution is 0.518. The van der Waals surface area contributed by atoms with Crippen molar-refractivity contribution in [3.8, 4) is 0 Å². The molecule has 0 aliphatic rings. The third kappa shape index (κ3) is 2.78. The molecule has 2 aromatic heterocycles. The van der Waals surface area contributed by atoms with Gasteiger partial charge in [-0.05, 0) is 43.5 Å². The fraction of sp³-hybridized carbons (Fsp3) is 0.294. The van der Waals surface area contributed by atoms with Gasteiger partial charge in [-0.1, -0.05) is 18.2 Å². The summed E-state index contributed by atoms with van der Waals surface area (Å²) in [5, 5.41) is 4.83. The van der Waals surface area contributed by atoms with Crippen molar-refractivity contribution in [2.75, 3.05) is 6.54 Å². The number of aryl methyl sites for hydroxylation is 1. The van der Waals surface area contributed by atoms with Gasteiger partial charge in [-0.15, -0.1) is 0 Å². The molecule has 1 aromatic carbocycles. The number of hydrogen-bond acceptors (Lipinski definition) is 2. The van der Waals surface area contributed by atoms with Crippen molar-refractivity contribution in [2.24, 2.45) is 0 Å². The van der Waals surface area contributed by atoms with Crippen LogP contribution in [-0.4, -0.2) is 11.1 Å². The molecule has 0 aliphatic carbocycles. The van der Waals surface area contributed by atoms with Gasteiger partial charge in [0.1, 0.15) is 0 Å². The average molecular weight is 268 g/mol. The van der Waals surface area contributed by atoms with Gasteiger partial charge >= 0.3 is 0 Å². The molecular weight excluding hydrogens is 248 g/mol. The third-order valence-electron chi connectivity index (χ3n) is 3.75. The number of aromatic nitrogens is 1.